The van der Waals surface area contributed by atoms with E-state index in [1.54, 1.807) is 24.1 Å². The van der Waals surface area contributed by atoms with Gasteiger partial charge in [-0.2, -0.15) is 0 Å². The van der Waals surface area contributed by atoms with Crippen LogP contribution in [0.1, 0.15) is 35.6 Å². The van der Waals surface area contributed by atoms with Crippen molar-refractivity contribution in [2.45, 2.75) is 46.2 Å². The molecule has 2 aromatic carbocycles. The Balaban J connectivity index is 2.30. The van der Waals surface area contributed by atoms with E-state index in [-0.39, 0.29) is 30.6 Å². The van der Waals surface area contributed by atoms with E-state index in [1.807, 2.05) is 32.9 Å². The second-order valence-corrected chi connectivity index (χ2v) is 6.86. The normalized spacial score (nSPS) is 11.7. The van der Waals surface area contributed by atoms with E-state index in [0.717, 1.165) is 22.3 Å². The summed E-state index contributed by atoms with van der Waals surface area (Å²) in [6.45, 7) is 6.13. The lowest BCUT2D eigenvalue weighted by Gasteiger charge is -2.30. The van der Waals surface area contributed by atoms with Crippen LogP contribution in [0.4, 0.5) is 4.39 Å². The van der Waals surface area contributed by atoms with Gasteiger partial charge in [0.05, 0.1) is 6.42 Å². The van der Waals surface area contributed by atoms with Gasteiger partial charge < -0.3 is 10.2 Å². The lowest BCUT2D eigenvalue weighted by Crippen LogP contribution is -2.48. The minimum atomic E-state index is -0.571. The predicted molar refractivity (Wildman–Crippen MR) is 105 cm³/mol. The minimum Gasteiger partial charge on any atom is -0.357 e. The van der Waals surface area contributed by atoms with E-state index in [0.29, 0.717) is 6.42 Å². The molecular weight excluding hydrogens is 343 g/mol. The number of nitrogens with one attached hydrogen (secondary N) is 1. The maximum Gasteiger partial charge on any atom is 0.242 e. The maximum absolute atomic E-state index is 13.2. The fraction of sp³-hybridized carbons (Fsp3) is 0.364. The van der Waals surface area contributed by atoms with E-state index in [1.165, 1.54) is 12.1 Å². The van der Waals surface area contributed by atoms with Gasteiger partial charge in [-0.1, -0.05) is 48.4 Å². The number of aryl methyl sites for hydroxylation is 2. The van der Waals surface area contributed by atoms with Gasteiger partial charge in [0, 0.05) is 13.6 Å². The van der Waals surface area contributed by atoms with E-state index in [9.17, 15) is 14.0 Å². The number of hydrogen-bond acceptors (Lipinski definition) is 2. The molecule has 0 radical (unpaired) electrons. The summed E-state index contributed by atoms with van der Waals surface area (Å²) in [6, 6.07) is 11.5. The van der Waals surface area contributed by atoms with E-state index in [2.05, 4.69) is 11.4 Å². The molecule has 0 aromatic heterocycles. The van der Waals surface area contributed by atoms with Gasteiger partial charge in [0.2, 0.25) is 11.8 Å². The zero-order valence-electron chi connectivity index (χ0n) is 16.4. The highest BCUT2D eigenvalue weighted by Gasteiger charge is 2.28. The van der Waals surface area contributed by atoms with Crippen molar-refractivity contribution in [3.8, 4) is 0 Å². The molecular formula is C22H27FN2O2. The SMILES string of the molecule is CC[C@@H](C(=O)NC)N(Cc1ccc(F)cc1)C(=O)Cc1cc(C)cc(C)c1. The summed E-state index contributed by atoms with van der Waals surface area (Å²) in [5.41, 5.74) is 3.91. The zero-order chi connectivity index (χ0) is 20.0. The number of likely N-dealkylation sites (N-methyl/N-ethyl adjacent to an activating group) is 1. The molecule has 0 bridgehead atoms. The third kappa shape index (κ3) is 5.64. The first-order valence-electron chi connectivity index (χ1n) is 9.16. The number of benzene rings is 2. The molecule has 144 valence electrons. The van der Waals surface area contributed by atoms with Crippen molar-refractivity contribution < 1.29 is 14.0 Å². The van der Waals surface area contributed by atoms with Crippen molar-refractivity contribution in [2.24, 2.45) is 0 Å². The third-order valence-electron chi connectivity index (χ3n) is 4.54. The minimum absolute atomic E-state index is 0.125. The van der Waals surface area contributed by atoms with Gasteiger partial charge in [0.1, 0.15) is 11.9 Å². The molecule has 0 fully saturated rings. The Hall–Kier alpha value is -2.69. The number of nitrogens with zero attached hydrogens (tertiary/aromatic N) is 1. The summed E-state index contributed by atoms with van der Waals surface area (Å²) < 4.78 is 13.2. The first kappa shape index (κ1) is 20.6. The van der Waals surface area contributed by atoms with Crippen molar-refractivity contribution in [3.05, 3.63) is 70.5 Å². The van der Waals surface area contributed by atoms with Crippen LogP contribution in [0.25, 0.3) is 0 Å². The van der Waals surface area contributed by atoms with Gasteiger partial charge in [-0.05, 0) is 43.5 Å². The fourth-order valence-corrected chi connectivity index (χ4v) is 3.32. The van der Waals surface area contributed by atoms with E-state index >= 15 is 0 Å². The van der Waals surface area contributed by atoms with Crippen molar-refractivity contribution in [3.63, 3.8) is 0 Å². The Kier molecular flexibility index (Phi) is 7.11. The van der Waals surface area contributed by atoms with Crippen LogP contribution in [0.5, 0.6) is 0 Å². The summed E-state index contributed by atoms with van der Waals surface area (Å²) in [5.74, 6) is -0.654. The van der Waals surface area contributed by atoms with Crippen LogP contribution >= 0.6 is 0 Å². The molecule has 1 atom stereocenters. The molecule has 4 nitrogen and oxygen atoms in total. The topological polar surface area (TPSA) is 49.4 Å². The Labute approximate surface area is 160 Å². The molecule has 0 spiro atoms. The molecule has 0 aliphatic carbocycles. The molecule has 2 aromatic rings. The van der Waals surface area contributed by atoms with Crippen LogP contribution in [0, 0.1) is 19.7 Å². The molecule has 27 heavy (non-hydrogen) atoms. The average molecular weight is 370 g/mol. The highest BCUT2D eigenvalue weighted by molar-refractivity contribution is 5.88. The standard InChI is InChI=1S/C22H27FN2O2/c1-5-20(22(27)24-4)25(14-17-6-8-19(23)9-7-17)21(26)13-18-11-15(2)10-16(3)12-18/h6-12,20H,5,13-14H2,1-4H3,(H,24,27)/t20-/m0/s1. The smallest absolute Gasteiger partial charge is 0.242 e. The van der Waals surface area contributed by atoms with Gasteiger partial charge in [-0.3, -0.25) is 9.59 Å². The molecule has 2 rings (SSSR count). The first-order chi connectivity index (χ1) is 12.8. The first-order valence-corrected chi connectivity index (χ1v) is 9.16. The Morgan fingerprint density at radius 3 is 2.15 bits per heavy atom. The average Bonchev–Trinajstić information content (AvgIpc) is 2.61. The second-order valence-electron chi connectivity index (χ2n) is 6.86. The molecule has 0 aliphatic heterocycles. The molecule has 2 amide bonds. The van der Waals surface area contributed by atoms with Crippen LogP contribution in [0.3, 0.4) is 0 Å². The molecule has 5 heteroatoms. The summed E-state index contributed by atoms with van der Waals surface area (Å²) in [6.07, 6.45) is 0.719. The zero-order valence-corrected chi connectivity index (χ0v) is 16.4. The predicted octanol–water partition coefficient (Wildman–Crippen LogP) is 3.54. The van der Waals surface area contributed by atoms with Crippen molar-refractivity contribution in [1.29, 1.82) is 0 Å². The summed E-state index contributed by atoms with van der Waals surface area (Å²) >= 11 is 0. The van der Waals surface area contributed by atoms with Gasteiger partial charge in [0.25, 0.3) is 0 Å². The Bertz CT molecular complexity index is 782. The van der Waals surface area contributed by atoms with Crippen LogP contribution in [-0.4, -0.2) is 29.8 Å². The summed E-state index contributed by atoms with van der Waals surface area (Å²) in [5, 5.41) is 2.64. The molecule has 0 aliphatic rings. The molecule has 0 unspecified atom stereocenters. The second kappa shape index (κ2) is 9.31. The lowest BCUT2D eigenvalue weighted by atomic mass is 10.0. The van der Waals surface area contributed by atoms with Crippen LogP contribution in [-0.2, 0) is 22.6 Å². The van der Waals surface area contributed by atoms with E-state index in [4.69, 9.17) is 0 Å². The number of rotatable bonds is 7. The van der Waals surface area contributed by atoms with Gasteiger partial charge in [-0.25, -0.2) is 4.39 Å². The number of halogens is 1. The van der Waals surface area contributed by atoms with Crippen molar-refractivity contribution in [1.82, 2.24) is 10.2 Å². The van der Waals surface area contributed by atoms with E-state index < -0.39 is 6.04 Å². The molecule has 1 N–H and O–H groups in total. The largest absolute Gasteiger partial charge is 0.357 e. The Morgan fingerprint density at radius 2 is 1.63 bits per heavy atom. The highest BCUT2D eigenvalue weighted by Crippen LogP contribution is 2.16. The van der Waals surface area contributed by atoms with Gasteiger partial charge in [0.15, 0.2) is 0 Å². The summed E-state index contributed by atoms with van der Waals surface area (Å²) in [4.78, 5) is 27.0. The Morgan fingerprint density at radius 1 is 1.04 bits per heavy atom. The fourth-order valence-electron chi connectivity index (χ4n) is 3.32. The molecule has 0 saturated heterocycles. The quantitative estimate of drug-likeness (QED) is 0.810. The van der Waals surface area contributed by atoms with Crippen molar-refractivity contribution >= 4 is 11.8 Å². The number of carbonyl (C=O) groups excluding carboxylic acids is 2. The van der Waals surface area contributed by atoms with Crippen LogP contribution in [0.2, 0.25) is 0 Å². The number of amides is 2. The van der Waals surface area contributed by atoms with Crippen molar-refractivity contribution in [2.75, 3.05) is 7.05 Å². The lowest BCUT2D eigenvalue weighted by molar-refractivity contribution is -0.140. The monoisotopic (exact) mass is 370 g/mol. The van der Waals surface area contributed by atoms with Gasteiger partial charge >= 0.3 is 0 Å². The number of hydrogen-bond donors (Lipinski definition) is 1. The third-order valence-corrected chi connectivity index (χ3v) is 4.54. The highest BCUT2D eigenvalue weighted by atomic mass is 19.1. The van der Waals surface area contributed by atoms with Gasteiger partial charge in [-0.15, -0.1) is 0 Å². The molecule has 0 heterocycles. The van der Waals surface area contributed by atoms with Crippen LogP contribution < -0.4 is 5.32 Å². The number of carbonyl (C=O) groups is 2. The maximum atomic E-state index is 13.2. The van der Waals surface area contributed by atoms with Crippen LogP contribution in [0.15, 0.2) is 42.5 Å². The molecule has 0 saturated carbocycles. The summed E-state index contributed by atoms with van der Waals surface area (Å²) in [7, 11) is 1.56.